The van der Waals surface area contributed by atoms with Gasteiger partial charge in [0.25, 0.3) is 0 Å². The van der Waals surface area contributed by atoms with Gasteiger partial charge in [-0.3, -0.25) is 15.0 Å². The van der Waals surface area contributed by atoms with Crippen molar-refractivity contribution in [2.45, 2.75) is 25.8 Å². The van der Waals surface area contributed by atoms with Crippen LogP contribution in [0.25, 0.3) is 55.8 Å². The Morgan fingerprint density at radius 2 is 1.80 bits per heavy atom. The number of hydrogen-bond acceptors (Lipinski definition) is 6. The summed E-state index contributed by atoms with van der Waals surface area (Å²) in [5, 5.41) is 12.0. The predicted molar refractivity (Wildman–Crippen MR) is 176 cm³/mol. The van der Waals surface area contributed by atoms with E-state index in [0.717, 1.165) is 63.4 Å². The fraction of sp³-hybridized carbons (Fsp3) is 0.286. The van der Waals surface area contributed by atoms with E-state index in [1.165, 1.54) is 50.0 Å². The van der Waals surface area contributed by atoms with Gasteiger partial charge in [0.1, 0.15) is 17.0 Å². The highest BCUT2D eigenvalue weighted by Crippen LogP contribution is 2.34. The Morgan fingerprint density at radius 1 is 0.909 bits per heavy atom. The number of H-pyrrole nitrogens is 2. The summed E-state index contributed by atoms with van der Waals surface area (Å²) in [6.45, 7) is 4.87. The number of anilines is 1. The number of rotatable bonds is 9. The van der Waals surface area contributed by atoms with Crippen LogP contribution in [0.5, 0.6) is 0 Å². The molecule has 0 radical (unpaired) electrons. The maximum absolute atomic E-state index is 14.7. The molecule has 8 nitrogen and oxygen atoms in total. The van der Waals surface area contributed by atoms with Gasteiger partial charge in [-0.05, 0) is 94.1 Å². The van der Waals surface area contributed by atoms with Gasteiger partial charge >= 0.3 is 0 Å². The Labute approximate surface area is 256 Å². The van der Waals surface area contributed by atoms with E-state index in [4.69, 9.17) is 4.98 Å². The summed E-state index contributed by atoms with van der Waals surface area (Å²) in [7, 11) is 4.03. The molecule has 224 valence electrons. The summed E-state index contributed by atoms with van der Waals surface area (Å²) >= 11 is 0. The molecule has 44 heavy (non-hydrogen) atoms. The number of fused-ring (bicyclic) bond motifs is 2. The molecule has 2 aromatic carbocycles. The first kappa shape index (κ1) is 28.2. The van der Waals surface area contributed by atoms with Crippen molar-refractivity contribution in [2.24, 2.45) is 0 Å². The van der Waals surface area contributed by atoms with Crippen molar-refractivity contribution < 1.29 is 4.39 Å². The third-order valence-corrected chi connectivity index (χ3v) is 8.35. The number of piperidine rings is 1. The molecule has 0 amide bonds. The number of aromatic amines is 2. The number of hydrogen-bond donors (Lipinski definition) is 3. The van der Waals surface area contributed by atoms with Crippen molar-refractivity contribution in [3.8, 4) is 33.9 Å². The van der Waals surface area contributed by atoms with Crippen molar-refractivity contribution in [1.82, 2.24) is 34.9 Å². The summed E-state index contributed by atoms with van der Waals surface area (Å²) in [4.78, 5) is 17.9. The fourth-order valence-corrected chi connectivity index (χ4v) is 6.12. The molecule has 9 heteroatoms. The SMILES string of the molecule is CN(C)CCNc1cc(F)cc(-c2nccc3[nH]c(-c4n[nH]c5ccc(-c6cccc(CN7CCCCC7)c6)nc45)cc23)c1. The molecule has 0 aliphatic carbocycles. The third kappa shape index (κ3) is 5.93. The maximum atomic E-state index is 14.7. The quantitative estimate of drug-likeness (QED) is 0.170. The van der Waals surface area contributed by atoms with E-state index < -0.39 is 0 Å². The topological polar surface area (TPSA) is 88.8 Å². The van der Waals surface area contributed by atoms with Crippen molar-refractivity contribution in [1.29, 1.82) is 0 Å². The van der Waals surface area contributed by atoms with Crippen LogP contribution >= 0.6 is 0 Å². The van der Waals surface area contributed by atoms with Gasteiger partial charge in [-0.15, -0.1) is 0 Å². The molecule has 0 spiro atoms. The van der Waals surface area contributed by atoms with Crippen LogP contribution in [-0.2, 0) is 6.54 Å². The number of nitrogens with zero attached hydrogens (tertiary/aromatic N) is 5. The first-order valence-corrected chi connectivity index (χ1v) is 15.3. The van der Waals surface area contributed by atoms with E-state index in [-0.39, 0.29) is 5.82 Å². The Hall–Kier alpha value is -4.60. The van der Waals surface area contributed by atoms with Crippen LogP contribution in [0.1, 0.15) is 24.8 Å². The second-order valence-electron chi connectivity index (χ2n) is 12.0. The summed E-state index contributed by atoms with van der Waals surface area (Å²) in [5.41, 5.74) is 9.58. The largest absolute Gasteiger partial charge is 0.384 e. The monoisotopic (exact) mass is 588 g/mol. The second-order valence-corrected chi connectivity index (χ2v) is 12.0. The lowest BCUT2D eigenvalue weighted by atomic mass is 10.0. The van der Waals surface area contributed by atoms with Crippen LogP contribution in [0.4, 0.5) is 10.1 Å². The van der Waals surface area contributed by atoms with Crippen LogP contribution in [0.2, 0.25) is 0 Å². The Bertz CT molecular complexity index is 1920. The molecular weight excluding hydrogens is 551 g/mol. The molecule has 1 aliphatic rings. The molecular formula is C35H37FN8. The molecule has 1 fully saturated rings. The zero-order chi connectivity index (χ0) is 30.0. The molecule has 3 N–H and O–H groups in total. The number of nitrogens with one attached hydrogen (secondary N) is 3. The number of halogens is 1. The highest BCUT2D eigenvalue weighted by atomic mass is 19.1. The molecule has 1 saturated heterocycles. The minimum absolute atomic E-state index is 0.306. The Balaban J connectivity index is 1.21. The van der Waals surface area contributed by atoms with Crippen LogP contribution in [0.3, 0.4) is 0 Å². The van der Waals surface area contributed by atoms with Crippen LogP contribution < -0.4 is 5.32 Å². The molecule has 7 rings (SSSR count). The fourth-order valence-electron chi connectivity index (χ4n) is 6.12. The van der Waals surface area contributed by atoms with Crippen LogP contribution in [-0.4, -0.2) is 75.2 Å². The smallest absolute Gasteiger partial charge is 0.135 e. The van der Waals surface area contributed by atoms with E-state index in [2.05, 4.69) is 59.5 Å². The average molecular weight is 589 g/mol. The van der Waals surface area contributed by atoms with Gasteiger partial charge in [-0.25, -0.2) is 9.37 Å². The highest BCUT2D eigenvalue weighted by molar-refractivity contribution is 5.99. The Kier molecular flexibility index (Phi) is 7.80. The van der Waals surface area contributed by atoms with E-state index >= 15 is 0 Å². The predicted octanol–water partition coefficient (Wildman–Crippen LogP) is 6.93. The van der Waals surface area contributed by atoms with Crippen molar-refractivity contribution in [3.63, 3.8) is 0 Å². The molecule has 1 aliphatic heterocycles. The number of pyridine rings is 2. The molecule has 0 saturated carbocycles. The first-order chi connectivity index (χ1) is 21.5. The average Bonchev–Trinajstić information content (AvgIpc) is 3.65. The zero-order valence-corrected chi connectivity index (χ0v) is 25.2. The number of likely N-dealkylation sites (tertiary alicyclic amines) is 1. The standard InChI is InChI=1S/C35H37FN8/c1-43(2)16-13-37-27-19-25(18-26(36)20-27)33-28-21-32(39-30(28)11-12-38-33)35-34-31(41-42-35)10-9-29(40-34)24-8-6-7-23(17-24)22-44-14-4-3-5-15-44/h6-12,17-21,37,39H,3-5,13-16,22H2,1-2H3,(H,41,42). The zero-order valence-electron chi connectivity index (χ0n) is 25.2. The molecule has 4 aromatic heterocycles. The first-order valence-electron chi connectivity index (χ1n) is 15.3. The van der Waals surface area contributed by atoms with Gasteiger partial charge in [0.15, 0.2) is 0 Å². The lowest BCUT2D eigenvalue weighted by Gasteiger charge is -2.26. The van der Waals surface area contributed by atoms with Crippen molar-refractivity contribution in [2.75, 3.05) is 45.6 Å². The van der Waals surface area contributed by atoms with Gasteiger partial charge in [0, 0.05) is 53.5 Å². The maximum Gasteiger partial charge on any atom is 0.135 e. The van der Waals surface area contributed by atoms with Crippen LogP contribution in [0, 0.1) is 5.82 Å². The van der Waals surface area contributed by atoms with Crippen molar-refractivity contribution >= 4 is 27.6 Å². The highest BCUT2D eigenvalue weighted by Gasteiger charge is 2.17. The van der Waals surface area contributed by atoms with E-state index in [1.807, 2.05) is 44.4 Å². The molecule has 0 bridgehead atoms. The van der Waals surface area contributed by atoms with E-state index in [9.17, 15) is 4.39 Å². The van der Waals surface area contributed by atoms with E-state index in [0.29, 0.717) is 17.8 Å². The van der Waals surface area contributed by atoms with Crippen LogP contribution in [0.15, 0.2) is 72.9 Å². The lowest BCUT2D eigenvalue weighted by Crippen LogP contribution is -2.29. The lowest BCUT2D eigenvalue weighted by molar-refractivity contribution is 0.221. The molecule has 6 aromatic rings. The molecule has 0 atom stereocenters. The summed E-state index contributed by atoms with van der Waals surface area (Å²) < 4.78 is 14.7. The second kappa shape index (κ2) is 12.2. The number of likely N-dealkylation sites (N-methyl/N-ethyl adjacent to an activating group) is 1. The summed E-state index contributed by atoms with van der Waals surface area (Å²) in [6, 6.07) is 21.8. The molecule has 5 heterocycles. The Morgan fingerprint density at radius 3 is 2.66 bits per heavy atom. The van der Waals surface area contributed by atoms with Crippen molar-refractivity contribution in [3.05, 3.63) is 84.3 Å². The van der Waals surface area contributed by atoms with Gasteiger partial charge in [-0.2, -0.15) is 5.10 Å². The minimum Gasteiger partial charge on any atom is -0.384 e. The summed E-state index contributed by atoms with van der Waals surface area (Å²) in [5.74, 6) is -0.306. The summed E-state index contributed by atoms with van der Waals surface area (Å²) in [6.07, 6.45) is 5.65. The number of benzene rings is 2. The number of aromatic nitrogens is 5. The van der Waals surface area contributed by atoms with Gasteiger partial charge < -0.3 is 15.2 Å². The van der Waals surface area contributed by atoms with Gasteiger partial charge in [0.05, 0.1) is 22.6 Å². The molecule has 0 unspecified atom stereocenters. The van der Waals surface area contributed by atoms with E-state index in [1.54, 1.807) is 6.20 Å². The van der Waals surface area contributed by atoms with Gasteiger partial charge in [0.2, 0.25) is 0 Å². The minimum atomic E-state index is -0.306. The third-order valence-electron chi connectivity index (χ3n) is 8.35. The normalized spacial score (nSPS) is 14.2. The van der Waals surface area contributed by atoms with Gasteiger partial charge in [-0.1, -0.05) is 24.6 Å².